The molecular weight excluding hydrogens is 733 g/mol. The number of fused-ring (bicyclic) bond motifs is 9. The van der Waals surface area contributed by atoms with Crippen molar-refractivity contribution in [2.75, 3.05) is 16.8 Å². The van der Waals surface area contributed by atoms with E-state index in [1.165, 1.54) is 16.2 Å². The first-order valence-electron chi connectivity index (χ1n) is 14.7. The van der Waals surface area contributed by atoms with Crippen LogP contribution in [0.2, 0.25) is 10.0 Å². The lowest BCUT2D eigenvalue weighted by Crippen LogP contribution is -2.42. The molecule has 0 radical (unpaired) electrons. The molecule has 6 unspecified atom stereocenters. The number of thioether (sulfide) groups is 1. The Labute approximate surface area is 289 Å². The van der Waals surface area contributed by atoms with Crippen molar-refractivity contribution in [1.29, 1.82) is 0 Å². The highest BCUT2D eigenvalue weighted by atomic mass is 79.9. The van der Waals surface area contributed by atoms with Gasteiger partial charge in [-0.25, -0.2) is 0 Å². The molecular formula is C33H24BrCl2N3O5S2. The van der Waals surface area contributed by atoms with Crippen LogP contribution in [0, 0.1) is 29.6 Å². The first-order valence-corrected chi connectivity index (χ1v) is 17.9. The normalized spacial score (nSPS) is 27.4. The van der Waals surface area contributed by atoms with Gasteiger partial charge in [0.1, 0.15) is 5.75 Å². The summed E-state index contributed by atoms with van der Waals surface area (Å²) in [6.07, 6.45) is 0.768. The maximum absolute atomic E-state index is 14.0. The summed E-state index contributed by atoms with van der Waals surface area (Å²) < 4.78 is 6.99. The van der Waals surface area contributed by atoms with E-state index in [2.05, 4.69) is 26.2 Å². The van der Waals surface area contributed by atoms with Gasteiger partial charge in [-0.15, -0.1) is 11.8 Å². The van der Waals surface area contributed by atoms with E-state index in [9.17, 15) is 19.2 Å². The molecule has 46 heavy (non-hydrogen) atoms. The fraction of sp³-hybridized carbons (Fsp3) is 0.273. The van der Waals surface area contributed by atoms with Crippen molar-refractivity contribution >= 4 is 91.3 Å². The molecule has 3 heterocycles. The number of halogens is 3. The number of nitrogens with one attached hydrogen (secondary N) is 2. The standard InChI is InChI=1S/C33H24BrCl2N3O5S2/c34-14-6-9-22(44-13-23(40)37-15-7-8-20(35)21(36)11-15)17(10-14)24-25-18-12-19(28(25)45-30-29(24)46-33(43)38-30)27-26(18)31(41)39(32(27)42)16-4-2-1-3-5-16/h1-11,18-19,24-28H,12-13H2,(H,37,40)(H,38,43)/t18?,19?,24-,25?,26?,27?,28?/m1/s1. The summed E-state index contributed by atoms with van der Waals surface area (Å²) in [4.78, 5) is 58.6. The molecule has 8 nitrogen and oxygen atoms in total. The van der Waals surface area contributed by atoms with Crippen LogP contribution in [0.5, 0.6) is 5.75 Å². The minimum Gasteiger partial charge on any atom is -0.483 e. The van der Waals surface area contributed by atoms with E-state index in [0.29, 0.717) is 27.2 Å². The van der Waals surface area contributed by atoms with Crippen LogP contribution in [0.1, 0.15) is 22.8 Å². The number of hydrogen-bond donors (Lipinski definition) is 2. The summed E-state index contributed by atoms with van der Waals surface area (Å²) >= 11 is 18.5. The zero-order valence-corrected chi connectivity index (χ0v) is 28.5. The van der Waals surface area contributed by atoms with Crippen LogP contribution in [-0.2, 0) is 14.4 Å². The molecule has 4 aromatic rings. The summed E-state index contributed by atoms with van der Waals surface area (Å²) in [7, 11) is 0. The van der Waals surface area contributed by atoms with Crippen molar-refractivity contribution < 1.29 is 19.1 Å². The third-order valence-corrected chi connectivity index (χ3v) is 13.4. The Kier molecular flexibility index (Phi) is 7.60. The Morgan fingerprint density at radius 1 is 0.978 bits per heavy atom. The van der Waals surface area contributed by atoms with E-state index in [-0.39, 0.29) is 64.0 Å². The fourth-order valence-corrected chi connectivity index (χ4v) is 11.6. The number of amides is 3. The number of aromatic nitrogens is 1. The monoisotopic (exact) mass is 755 g/mol. The highest BCUT2D eigenvalue weighted by Gasteiger charge is 2.69. The van der Waals surface area contributed by atoms with Crippen LogP contribution in [0.15, 0.2) is 81.0 Å². The smallest absolute Gasteiger partial charge is 0.305 e. The average Bonchev–Trinajstić information content (AvgIpc) is 3.77. The van der Waals surface area contributed by atoms with Crippen molar-refractivity contribution in [3.63, 3.8) is 0 Å². The zero-order chi connectivity index (χ0) is 31.9. The van der Waals surface area contributed by atoms with Gasteiger partial charge in [0.2, 0.25) is 11.8 Å². The van der Waals surface area contributed by atoms with Gasteiger partial charge in [0.05, 0.1) is 32.6 Å². The number of benzene rings is 3. The molecule has 4 aliphatic rings. The van der Waals surface area contributed by atoms with Gasteiger partial charge in [-0.05, 0) is 72.7 Å². The predicted octanol–water partition coefficient (Wildman–Crippen LogP) is 7.20. The molecule has 2 aliphatic carbocycles. The number of rotatable bonds is 6. The molecule has 2 saturated carbocycles. The van der Waals surface area contributed by atoms with Crippen LogP contribution >= 0.6 is 62.2 Å². The van der Waals surface area contributed by atoms with Crippen LogP contribution in [0.4, 0.5) is 11.4 Å². The van der Waals surface area contributed by atoms with Crippen molar-refractivity contribution in [2.45, 2.75) is 22.6 Å². The number of aromatic amines is 1. The maximum Gasteiger partial charge on any atom is 0.305 e. The molecule has 13 heteroatoms. The SMILES string of the molecule is O=C(COc1ccc(Br)cc1[C@H]1c2sc(=O)[nH]c2SC2C3CC(C4C(=O)N(c5ccccc5)C(=O)C34)C21)Nc1ccc(Cl)c(Cl)c1. The molecule has 2 aliphatic heterocycles. The number of thiazole rings is 1. The molecule has 3 amide bonds. The summed E-state index contributed by atoms with van der Waals surface area (Å²) in [5, 5.41) is 4.31. The van der Waals surface area contributed by atoms with E-state index >= 15 is 0 Å². The zero-order valence-electron chi connectivity index (χ0n) is 23.7. The number of para-hydroxylation sites is 1. The van der Waals surface area contributed by atoms with Crippen molar-refractivity contribution in [2.24, 2.45) is 29.6 Å². The van der Waals surface area contributed by atoms with E-state index in [1.54, 1.807) is 42.1 Å². The van der Waals surface area contributed by atoms with E-state index in [4.69, 9.17) is 27.9 Å². The number of carbonyl (C=O) groups is 3. The highest BCUT2D eigenvalue weighted by molar-refractivity contribution is 9.10. The number of H-pyrrole nitrogens is 1. The first kappa shape index (κ1) is 30.3. The predicted molar refractivity (Wildman–Crippen MR) is 182 cm³/mol. The molecule has 3 fully saturated rings. The number of carbonyl (C=O) groups excluding carboxylic acids is 3. The first-order chi connectivity index (χ1) is 22.2. The quantitative estimate of drug-likeness (QED) is 0.202. The van der Waals surface area contributed by atoms with Crippen LogP contribution in [0.25, 0.3) is 0 Å². The Morgan fingerprint density at radius 2 is 1.74 bits per heavy atom. The van der Waals surface area contributed by atoms with Gasteiger partial charge in [-0.1, -0.05) is 68.7 Å². The molecule has 1 aromatic heterocycles. The summed E-state index contributed by atoms with van der Waals surface area (Å²) in [5.74, 6) is -1.33. The van der Waals surface area contributed by atoms with Gasteiger partial charge in [0.25, 0.3) is 5.91 Å². The largest absolute Gasteiger partial charge is 0.483 e. The number of nitrogens with zero attached hydrogens (tertiary/aromatic N) is 1. The molecule has 2 N–H and O–H groups in total. The number of anilines is 2. The van der Waals surface area contributed by atoms with Crippen LogP contribution < -0.4 is 19.8 Å². The van der Waals surface area contributed by atoms with Gasteiger partial charge in [-0.3, -0.25) is 24.1 Å². The molecule has 3 aromatic carbocycles. The second kappa shape index (κ2) is 11.6. The molecule has 7 atom stereocenters. The Bertz CT molecular complexity index is 1990. The van der Waals surface area contributed by atoms with E-state index in [1.807, 2.05) is 36.4 Å². The highest BCUT2D eigenvalue weighted by Crippen LogP contribution is 2.69. The number of ether oxygens (including phenoxy) is 1. The molecule has 1 saturated heterocycles. The molecule has 234 valence electrons. The second-order valence-electron chi connectivity index (χ2n) is 12.0. The van der Waals surface area contributed by atoms with Crippen molar-refractivity contribution in [3.05, 3.63) is 101 Å². The number of imide groups is 1. The van der Waals surface area contributed by atoms with Gasteiger partial charge < -0.3 is 15.0 Å². The van der Waals surface area contributed by atoms with Gasteiger partial charge in [0.15, 0.2) is 6.61 Å². The Morgan fingerprint density at radius 3 is 2.50 bits per heavy atom. The van der Waals surface area contributed by atoms with Crippen molar-refractivity contribution in [3.8, 4) is 5.75 Å². The molecule has 8 rings (SSSR count). The third kappa shape index (κ3) is 4.85. The fourth-order valence-electron chi connectivity index (χ4n) is 8.00. The van der Waals surface area contributed by atoms with E-state index < -0.39 is 5.92 Å². The maximum atomic E-state index is 14.0. The lowest BCUT2D eigenvalue weighted by atomic mass is 9.68. The molecule has 0 spiro atoms. The Balaban J connectivity index is 1.13. The van der Waals surface area contributed by atoms with E-state index in [0.717, 1.165) is 26.4 Å². The lowest BCUT2D eigenvalue weighted by Gasteiger charge is -2.43. The summed E-state index contributed by atoms with van der Waals surface area (Å²) in [6.45, 7) is -0.267. The summed E-state index contributed by atoms with van der Waals surface area (Å²) in [6, 6.07) is 19.6. The second-order valence-corrected chi connectivity index (χ2v) is 15.9. The van der Waals surface area contributed by atoms with Gasteiger partial charge in [-0.2, -0.15) is 0 Å². The van der Waals surface area contributed by atoms with Crippen LogP contribution in [0.3, 0.4) is 0 Å². The summed E-state index contributed by atoms with van der Waals surface area (Å²) in [5.41, 5.74) is 1.91. The van der Waals surface area contributed by atoms with Crippen molar-refractivity contribution in [1.82, 2.24) is 4.98 Å². The third-order valence-electron chi connectivity index (χ3n) is 9.61. The molecule has 2 bridgehead atoms. The Hall–Kier alpha value is -3.09. The number of hydrogen-bond acceptors (Lipinski definition) is 7. The topological polar surface area (TPSA) is 109 Å². The van der Waals surface area contributed by atoms with Crippen LogP contribution in [-0.4, -0.2) is 34.6 Å². The minimum absolute atomic E-state index is 0.0114. The average molecular weight is 758 g/mol. The minimum atomic E-state index is -0.423. The van der Waals surface area contributed by atoms with Gasteiger partial charge >= 0.3 is 4.87 Å². The van der Waals surface area contributed by atoms with Gasteiger partial charge in [0, 0.05) is 31.8 Å². The lowest BCUT2D eigenvalue weighted by molar-refractivity contribution is -0.123.